The third-order valence-electron chi connectivity index (χ3n) is 4.88. The molecular formula is C27H34N6OSi. The van der Waals surface area contributed by atoms with Gasteiger partial charge in [-0.3, -0.25) is 4.68 Å². The number of nitrogens with two attached hydrogens (primary N) is 1. The number of fused-ring (bicyclic) bond motifs is 1. The van der Waals surface area contributed by atoms with Crippen LogP contribution in [0, 0.1) is 11.5 Å². The molecule has 0 saturated heterocycles. The molecule has 35 heavy (non-hydrogen) atoms. The van der Waals surface area contributed by atoms with E-state index in [1.807, 2.05) is 69.0 Å². The molecular weight excluding hydrogens is 452 g/mol. The van der Waals surface area contributed by atoms with Gasteiger partial charge < -0.3 is 15.8 Å². The summed E-state index contributed by atoms with van der Waals surface area (Å²) in [7, 11) is 0.463. The fraction of sp³-hybridized carbons (Fsp3) is 0.296. The van der Waals surface area contributed by atoms with Crippen LogP contribution >= 0.6 is 0 Å². The van der Waals surface area contributed by atoms with E-state index in [-0.39, 0.29) is 13.5 Å². The number of nitrogens with zero attached hydrogens (tertiary/aromatic N) is 4. The molecule has 0 saturated carbocycles. The quantitative estimate of drug-likeness (QED) is 0.281. The third kappa shape index (κ3) is 7.15. The molecule has 0 fully saturated rings. The summed E-state index contributed by atoms with van der Waals surface area (Å²) in [6, 6.07) is 11.9. The number of hydrogen-bond acceptors (Lipinski definition) is 6. The first-order valence-electron chi connectivity index (χ1n) is 11.2. The summed E-state index contributed by atoms with van der Waals surface area (Å²) in [6.07, 6.45) is 5.61. The van der Waals surface area contributed by atoms with Gasteiger partial charge in [0.1, 0.15) is 20.4 Å². The van der Waals surface area contributed by atoms with Crippen molar-refractivity contribution < 1.29 is 4.74 Å². The molecule has 0 radical (unpaired) electrons. The molecule has 8 heteroatoms. The molecule has 182 valence electrons. The van der Waals surface area contributed by atoms with Crippen molar-refractivity contribution >= 4 is 30.6 Å². The second-order valence-electron chi connectivity index (χ2n) is 9.53. The van der Waals surface area contributed by atoms with E-state index in [0.717, 1.165) is 33.3 Å². The Balaban J connectivity index is 0.00000342. The van der Waals surface area contributed by atoms with Gasteiger partial charge >= 0.3 is 0 Å². The van der Waals surface area contributed by atoms with Crippen molar-refractivity contribution in [3.8, 4) is 28.3 Å². The Labute approximate surface area is 208 Å². The van der Waals surface area contributed by atoms with Crippen molar-refractivity contribution in [1.82, 2.24) is 19.7 Å². The number of benzene rings is 2. The fourth-order valence-corrected chi connectivity index (χ4v) is 3.80. The van der Waals surface area contributed by atoms with E-state index >= 15 is 0 Å². The van der Waals surface area contributed by atoms with Crippen LogP contribution in [0.5, 0.6) is 5.75 Å². The lowest BCUT2D eigenvalue weighted by atomic mass is 10.1. The van der Waals surface area contributed by atoms with Crippen molar-refractivity contribution in [2.75, 3.05) is 11.9 Å². The van der Waals surface area contributed by atoms with E-state index in [9.17, 15) is 0 Å². The molecule has 2 heterocycles. The molecule has 4 rings (SSSR count). The average molecular weight is 487 g/mol. The minimum atomic E-state index is -1.43. The lowest BCUT2D eigenvalue weighted by molar-refractivity contribution is 0.296. The van der Waals surface area contributed by atoms with Crippen LogP contribution in [0.2, 0.25) is 19.6 Å². The highest BCUT2D eigenvalue weighted by Crippen LogP contribution is 2.30. The number of ether oxygens (including phenoxy) is 1. The molecule has 0 bridgehead atoms. The number of rotatable bonds is 6. The van der Waals surface area contributed by atoms with Crippen LogP contribution in [0.25, 0.3) is 22.0 Å². The first kappa shape index (κ1) is 25.9. The standard InChI is InChI=1S/C26H30N6OSi.CH4/c1-18(27)17-33-24-12-20(22-15-29-32(2)16-22)11-23(13-24)30-26-28-14-21-10-19(6-7-25(21)31-26)8-9-34(3,4)5;/h6-7,10-16,18H,17,27H2,1-5H3,(H,28,30,31);1H4/t18-;/m0./s1. The SMILES string of the molecule is C.C[C@H](N)COc1cc(Nc2ncc3cc(C#C[Si](C)(C)C)ccc3n2)cc(-c2cnn(C)c2)c1. The highest BCUT2D eigenvalue weighted by molar-refractivity contribution is 6.83. The third-order valence-corrected chi connectivity index (χ3v) is 5.75. The second kappa shape index (κ2) is 10.7. The maximum atomic E-state index is 5.90. The molecule has 0 aliphatic rings. The Kier molecular flexibility index (Phi) is 7.95. The van der Waals surface area contributed by atoms with Gasteiger partial charge in [0.15, 0.2) is 0 Å². The fourth-order valence-electron chi connectivity index (χ4n) is 3.28. The summed E-state index contributed by atoms with van der Waals surface area (Å²) in [5.74, 6) is 4.52. The van der Waals surface area contributed by atoms with Crippen molar-refractivity contribution in [1.29, 1.82) is 0 Å². The van der Waals surface area contributed by atoms with Gasteiger partial charge in [-0.05, 0) is 42.8 Å². The van der Waals surface area contributed by atoms with Gasteiger partial charge in [0.2, 0.25) is 5.95 Å². The average Bonchev–Trinajstić information content (AvgIpc) is 3.22. The van der Waals surface area contributed by atoms with Gasteiger partial charge in [-0.2, -0.15) is 5.10 Å². The molecule has 0 spiro atoms. The van der Waals surface area contributed by atoms with Gasteiger partial charge in [0, 0.05) is 53.8 Å². The van der Waals surface area contributed by atoms with Gasteiger partial charge in [-0.1, -0.05) is 33.0 Å². The smallest absolute Gasteiger partial charge is 0.227 e. The lowest BCUT2D eigenvalue weighted by Crippen LogP contribution is -2.23. The minimum absolute atomic E-state index is 0. The zero-order chi connectivity index (χ0) is 24.3. The number of hydrogen-bond donors (Lipinski definition) is 2. The van der Waals surface area contributed by atoms with Crippen LogP contribution in [-0.2, 0) is 7.05 Å². The number of nitrogens with one attached hydrogen (secondary N) is 1. The van der Waals surface area contributed by atoms with Crippen LogP contribution in [0.1, 0.15) is 19.9 Å². The number of aryl methyl sites for hydroxylation is 1. The Bertz CT molecular complexity index is 1380. The highest BCUT2D eigenvalue weighted by atomic mass is 28.3. The van der Waals surface area contributed by atoms with Crippen LogP contribution in [0.4, 0.5) is 11.6 Å². The van der Waals surface area contributed by atoms with E-state index in [1.54, 1.807) is 4.68 Å². The minimum Gasteiger partial charge on any atom is -0.492 e. The zero-order valence-corrected chi connectivity index (χ0v) is 21.3. The van der Waals surface area contributed by atoms with E-state index in [4.69, 9.17) is 15.5 Å². The summed E-state index contributed by atoms with van der Waals surface area (Å²) < 4.78 is 7.67. The topological polar surface area (TPSA) is 90.9 Å². The summed E-state index contributed by atoms with van der Waals surface area (Å²) in [5.41, 5.74) is 13.9. The van der Waals surface area contributed by atoms with Gasteiger partial charge in [0.05, 0.1) is 11.7 Å². The second-order valence-corrected chi connectivity index (χ2v) is 14.3. The summed E-state index contributed by atoms with van der Waals surface area (Å²) >= 11 is 0. The lowest BCUT2D eigenvalue weighted by Gasteiger charge is -2.13. The molecule has 0 unspecified atom stereocenters. The number of anilines is 2. The first-order chi connectivity index (χ1) is 16.1. The van der Waals surface area contributed by atoms with Crippen molar-refractivity contribution in [3.05, 3.63) is 60.6 Å². The molecule has 3 N–H and O–H groups in total. The van der Waals surface area contributed by atoms with E-state index in [2.05, 4.69) is 46.5 Å². The maximum Gasteiger partial charge on any atom is 0.227 e. The molecule has 0 aliphatic carbocycles. The van der Waals surface area contributed by atoms with Crippen LogP contribution in [0.3, 0.4) is 0 Å². The summed E-state index contributed by atoms with van der Waals surface area (Å²) in [5, 5.41) is 8.56. The van der Waals surface area contributed by atoms with Crippen molar-refractivity contribution in [3.63, 3.8) is 0 Å². The largest absolute Gasteiger partial charge is 0.492 e. The van der Waals surface area contributed by atoms with Crippen molar-refractivity contribution in [2.45, 2.75) is 40.0 Å². The molecule has 4 aromatic rings. The van der Waals surface area contributed by atoms with Gasteiger partial charge in [-0.15, -0.1) is 5.54 Å². The monoisotopic (exact) mass is 486 g/mol. The van der Waals surface area contributed by atoms with Gasteiger partial charge in [0.25, 0.3) is 0 Å². The van der Waals surface area contributed by atoms with Crippen LogP contribution < -0.4 is 15.8 Å². The predicted molar refractivity (Wildman–Crippen MR) is 148 cm³/mol. The molecule has 2 aromatic heterocycles. The summed E-state index contributed by atoms with van der Waals surface area (Å²) in [4.78, 5) is 9.22. The Morgan fingerprint density at radius 3 is 2.60 bits per heavy atom. The summed E-state index contributed by atoms with van der Waals surface area (Å²) in [6.45, 7) is 9.04. The van der Waals surface area contributed by atoms with E-state index in [0.29, 0.717) is 18.3 Å². The Morgan fingerprint density at radius 1 is 1.11 bits per heavy atom. The first-order valence-corrected chi connectivity index (χ1v) is 14.7. The molecule has 1 atom stereocenters. The Hall–Kier alpha value is -3.67. The van der Waals surface area contributed by atoms with E-state index in [1.165, 1.54) is 0 Å². The predicted octanol–water partition coefficient (Wildman–Crippen LogP) is 5.36. The maximum absolute atomic E-state index is 5.90. The zero-order valence-electron chi connectivity index (χ0n) is 20.3. The molecule has 0 aliphatic heterocycles. The Morgan fingerprint density at radius 2 is 1.91 bits per heavy atom. The molecule has 7 nitrogen and oxygen atoms in total. The molecule has 2 aromatic carbocycles. The highest BCUT2D eigenvalue weighted by Gasteiger charge is 2.10. The van der Waals surface area contributed by atoms with Crippen LogP contribution in [-0.4, -0.2) is 40.5 Å². The molecule has 0 amide bonds. The number of aromatic nitrogens is 4. The van der Waals surface area contributed by atoms with E-state index < -0.39 is 8.07 Å². The normalized spacial score (nSPS) is 11.8. The van der Waals surface area contributed by atoms with Crippen LogP contribution in [0.15, 0.2) is 55.0 Å². The van der Waals surface area contributed by atoms with Gasteiger partial charge in [-0.25, -0.2) is 9.97 Å². The van der Waals surface area contributed by atoms with Crippen molar-refractivity contribution in [2.24, 2.45) is 12.8 Å².